The Morgan fingerprint density at radius 3 is 2.57 bits per heavy atom. The number of amides is 2. The maximum absolute atomic E-state index is 13.7. The van der Waals surface area contributed by atoms with Crippen molar-refractivity contribution in [2.24, 2.45) is 5.92 Å². The number of piperazine rings is 1. The number of aromatic nitrogens is 3. The third kappa shape index (κ3) is 4.35. The Morgan fingerprint density at radius 1 is 1.07 bits per heavy atom. The number of likely N-dealkylation sites (N-methyl/N-ethyl adjacent to an activating group) is 1. The van der Waals surface area contributed by atoms with Crippen LogP contribution in [0, 0.1) is 18.7 Å². The standard InChI is InChI=1S/C21H27FN6O2/c1-15-10-17(22)12-18(11-15)28-14-19(23-24-28)21(30)27-5-3-4-16(13-27)20(29)26-8-6-25(2)7-9-26/h10-12,14,16H,3-9,13H2,1-2H3. The van der Waals surface area contributed by atoms with Crippen molar-refractivity contribution in [3.05, 3.63) is 41.5 Å². The number of hydrogen-bond acceptors (Lipinski definition) is 5. The Balaban J connectivity index is 1.43. The fraction of sp³-hybridized carbons (Fsp3) is 0.524. The summed E-state index contributed by atoms with van der Waals surface area (Å²) in [7, 11) is 2.06. The molecule has 3 heterocycles. The first kappa shape index (κ1) is 20.5. The third-order valence-corrected chi connectivity index (χ3v) is 5.88. The smallest absolute Gasteiger partial charge is 0.276 e. The second-order valence-electron chi connectivity index (χ2n) is 8.25. The molecule has 2 aromatic rings. The van der Waals surface area contributed by atoms with E-state index in [1.54, 1.807) is 17.9 Å². The first-order chi connectivity index (χ1) is 14.4. The van der Waals surface area contributed by atoms with Gasteiger partial charge in [-0.1, -0.05) is 5.21 Å². The summed E-state index contributed by atoms with van der Waals surface area (Å²) in [5.74, 6) is -0.647. The van der Waals surface area contributed by atoms with Crippen molar-refractivity contribution in [1.82, 2.24) is 29.7 Å². The Bertz CT molecular complexity index is 917. The highest BCUT2D eigenvalue weighted by Gasteiger charge is 2.33. The van der Waals surface area contributed by atoms with Crippen molar-refractivity contribution in [2.75, 3.05) is 46.3 Å². The molecule has 0 bridgehead atoms. The van der Waals surface area contributed by atoms with Crippen LogP contribution in [0.4, 0.5) is 4.39 Å². The summed E-state index contributed by atoms with van der Waals surface area (Å²) in [5.41, 5.74) is 1.47. The van der Waals surface area contributed by atoms with Gasteiger partial charge in [-0.2, -0.15) is 0 Å². The van der Waals surface area contributed by atoms with E-state index in [4.69, 9.17) is 0 Å². The average Bonchev–Trinajstić information content (AvgIpc) is 3.23. The van der Waals surface area contributed by atoms with Gasteiger partial charge in [0.1, 0.15) is 5.82 Å². The lowest BCUT2D eigenvalue weighted by Crippen LogP contribution is -2.52. The molecule has 30 heavy (non-hydrogen) atoms. The molecule has 2 aliphatic heterocycles. The molecule has 2 aliphatic rings. The van der Waals surface area contributed by atoms with Gasteiger partial charge in [0.05, 0.1) is 17.8 Å². The van der Waals surface area contributed by atoms with Gasteiger partial charge in [0.2, 0.25) is 5.91 Å². The normalized spacial score (nSPS) is 20.4. The number of rotatable bonds is 3. The van der Waals surface area contributed by atoms with Gasteiger partial charge in [0.25, 0.3) is 5.91 Å². The molecule has 0 radical (unpaired) electrons. The lowest BCUT2D eigenvalue weighted by atomic mass is 9.96. The SMILES string of the molecule is Cc1cc(F)cc(-n2cc(C(=O)N3CCCC(C(=O)N4CCN(C)CC4)C3)nn2)c1. The largest absolute Gasteiger partial charge is 0.340 e. The third-order valence-electron chi connectivity index (χ3n) is 5.88. The quantitative estimate of drug-likeness (QED) is 0.758. The molecule has 2 amide bonds. The van der Waals surface area contributed by atoms with Gasteiger partial charge in [-0.15, -0.1) is 5.10 Å². The minimum Gasteiger partial charge on any atom is -0.340 e. The van der Waals surface area contributed by atoms with E-state index in [9.17, 15) is 14.0 Å². The number of carbonyl (C=O) groups is 2. The van der Waals surface area contributed by atoms with Crippen molar-refractivity contribution >= 4 is 11.8 Å². The lowest BCUT2D eigenvalue weighted by molar-refractivity contribution is -0.138. The zero-order chi connectivity index (χ0) is 21.3. The van der Waals surface area contributed by atoms with Gasteiger partial charge in [-0.25, -0.2) is 9.07 Å². The summed E-state index contributed by atoms with van der Waals surface area (Å²) in [6, 6.07) is 4.55. The van der Waals surface area contributed by atoms with E-state index in [-0.39, 0.29) is 29.2 Å². The fourth-order valence-electron chi connectivity index (χ4n) is 4.15. The minimum atomic E-state index is -0.366. The van der Waals surface area contributed by atoms with E-state index < -0.39 is 0 Å². The maximum Gasteiger partial charge on any atom is 0.276 e. The number of piperidine rings is 1. The van der Waals surface area contributed by atoms with Crippen molar-refractivity contribution < 1.29 is 14.0 Å². The molecule has 0 spiro atoms. The van der Waals surface area contributed by atoms with Crippen molar-refractivity contribution in [2.45, 2.75) is 19.8 Å². The van der Waals surface area contributed by atoms with Gasteiger partial charge in [0.15, 0.2) is 5.69 Å². The van der Waals surface area contributed by atoms with E-state index in [1.165, 1.54) is 23.0 Å². The lowest BCUT2D eigenvalue weighted by Gasteiger charge is -2.37. The molecule has 8 nitrogen and oxygen atoms in total. The average molecular weight is 414 g/mol. The zero-order valence-electron chi connectivity index (χ0n) is 17.4. The molecule has 0 saturated carbocycles. The monoisotopic (exact) mass is 414 g/mol. The van der Waals surface area contributed by atoms with E-state index in [0.29, 0.717) is 18.8 Å². The second-order valence-corrected chi connectivity index (χ2v) is 8.25. The molecule has 9 heteroatoms. The number of likely N-dealkylation sites (tertiary alicyclic amines) is 1. The van der Waals surface area contributed by atoms with Crippen LogP contribution < -0.4 is 0 Å². The molecule has 1 unspecified atom stereocenters. The van der Waals surface area contributed by atoms with E-state index >= 15 is 0 Å². The summed E-state index contributed by atoms with van der Waals surface area (Å²) in [6.45, 7) is 6.02. The number of aryl methyl sites for hydroxylation is 1. The number of carbonyl (C=O) groups excluding carboxylic acids is 2. The summed E-state index contributed by atoms with van der Waals surface area (Å²) in [6.07, 6.45) is 3.10. The molecular formula is C21H27FN6O2. The molecule has 1 aromatic carbocycles. The van der Waals surface area contributed by atoms with Gasteiger partial charge in [0, 0.05) is 39.3 Å². The molecule has 1 aromatic heterocycles. The second kappa shape index (κ2) is 8.51. The first-order valence-corrected chi connectivity index (χ1v) is 10.4. The van der Waals surface area contributed by atoms with E-state index in [1.807, 2.05) is 4.90 Å². The molecule has 1 atom stereocenters. The Hall–Kier alpha value is -2.81. The molecule has 160 valence electrons. The van der Waals surface area contributed by atoms with Crippen LogP contribution in [0.2, 0.25) is 0 Å². The summed E-state index contributed by atoms with van der Waals surface area (Å²) in [4.78, 5) is 31.7. The van der Waals surface area contributed by atoms with Crippen LogP contribution >= 0.6 is 0 Å². The van der Waals surface area contributed by atoms with Crippen molar-refractivity contribution in [3.63, 3.8) is 0 Å². The van der Waals surface area contributed by atoms with Crippen LogP contribution in [0.25, 0.3) is 5.69 Å². The Labute approximate surface area is 175 Å². The van der Waals surface area contributed by atoms with Crippen LogP contribution in [-0.2, 0) is 4.79 Å². The Morgan fingerprint density at radius 2 is 1.83 bits per heavy atom. The summed E-state index contributed by atoms with van der Waals surface area (Å²) in [5, 5.41) is 7.99. The fourth-order valence-corrected chi connectivity index (χ4v) is 4.15. The molecule has 0 aliphatic carbocycles. The molecule has 0 N–H and O–H groups in total. The highest BCUT2D eigenvalue weighted by Crippen LogP contribution is 2.21. The highest BCUT2D eigenvalue weighted by molar-refractivity contribution is 5.92. The van der Waals surface area contributed by atoms with Crippen molar-refractivity contribution in [1.29, 1.82) is 0 Å². The van der Waals surface area contributed by atoms with Gasteiger partial charge < -0.3 is 14.7 Å². The maximum atomic E-state index is 13.7. The minimum absolute atomic E-state index is 0.138. The first-order valence-electron chi connectivity index (χ1n) is 10.4. The van der Waals surface area contributed by atoms with Gasteiger partial charge in [-0.3, -0.25) is 9.59 Å². The van der Waals surface area contributed by atoms with E-state index in [2.05, 4.69) is 22.3 Å². The van der Waals surface area contributed by atoms with E-state index in [0.717, 1.165) is 44.6 Å². The highest BCUT2D eigenvalue weighted by atomic mass is 19.1. The summed E-state index contributed by atoms with van der Waals surface area (Å²) < 4.78 is 15.1. The molecule has 4 rings (SSSR count). The van der Waals surface area contributed by atoms with Crippen LogP contribution in [-0.4, -0.2) is 87.8 Å². The number of benzene rings is 1. The predicted molar refractivity (Wildman–Crippen MR) is 109 cm³/mol. The topological polar surface area (TPSA) is 74.6 Å². The van der Waals surface area contributed by atoms with Crippen LogP contribution in [0.3, 0.4) is 0 Å². The predicted octanol–water partition coefficient (Wildman–Crippen LogP) is 1.34. The number of nitrogens with zero attached hydrogens (tertiary/aromatic N) is 6. The van der Waals surface area contributed by atoms with Gasteiger partial charge in [-0.05, 0) is 50.6 Å². The van der Waals surface area contributed by atoms with Crippen molar-refractivity contribution in [3.8, 4) is 5.69 Å². The molecule has 2 fully saturated rings. The zero-order valence-corrected chi connectivity index (χ0v) is 17.4. The van der Waals surface area contributed by atoms with Crippen LogP contribution in [0.5, 0.6) is 0 Å². The summed E-state index contributed by atoms with van der Waals surface area (Å²) >= 11 is 0. The Kier molecular flexibility index (Phi) is 5.80. The molecular weight excluding hydrogens is 387 g/mol. The number of hydrogen-bond donors (Lipinski definition) is 0. The number of halogens is 1. The van der Waals surface area contributed by atoms with Crippen LogP contribution in [0.15, 0.2) is 24.4 Å². The molecule has 2 saturated heterocycles. The van der Waals surface area contributed by atoms with Gasteiger partial charge >= 0.3 is 0 Å². The van der Waals surface area contributed by atoms with Crippen LogP contribution in [0.1, 0.15) is 28.9 Å².